The molecule has 1 unspecified atom stereocenters. The molecule has 0 spiro atoms. The highest BCUT2D eigenvalue weighted by atomic mass is 16.4. The van der Waals surface area contributed by atoms with Gasteiger partial charge in [-0.25, -0.2) is 4.79 Å². The Morgan fingerprint density at radius 2 is 1.88 bits per heavy atom. The molecule has 1 atom stereocenters. The van der Waals surface area contributed by atoms with Crippen LogP contribution in [0.4, 0.5) is 5.69 Å². The molecule has 162 valence electrons. The van der Waals surface area contributed by atoms with Crippen molar-refractivity contribution in [2.45, 2.75) is 33.7 Å². The number of hydrogen-bond acceptors (Lipinski definition) is 5. The number of anilines is 1. The van der Waals surface area contributed by atoms with Gasteiger partial charge in [0, 0.05) is 34.8 Å². The number of pyridine rings is 1. The van der Waals surface area contributed by atoms with Gasteiger partial charge in [-0.2, -0.15) is 0 Å². The molecule has 0 amide bonds. The third kappa shape index (κ3) is 3.87. The average molecular weight is 428 g/mol. The van der Waals surface area contributed by atoms with E-state index in [2.05, 4.69) is 10.3 Å². The molecule has 4 rings (SSSR count). The largest absolute Gasteiger partial charge is 0.478 e. The lowest BCUT2D eigenvalue weighted by atomic mass is 9.98. The van der Waals surface area contributed by atoms with Gasteiger partial charge in [-0.15, -0.1) is 0 Å². The fraction of sp³-hybridized carbons (Fsp3) is 0.192. The zero-order valence-electron chi connectivity index (χ0n) is 18.4. The van der Waals surface area contributed by atoms with Crippen molar-refractivity contribution in [1.29, 1.82) is 0 Å². The van der Waals surface area contributed by atoms with Crippen molar-refractivity contribution >= 4 is 22.6 Å². The molecule has 0 aliphatic rings. The summed E-state index contributed by atoms with van der Waals surface area (Å²) in [5.74, 6) is -0.520. The number of rotatable bonds is 5. The van der Waals surface area contributed by atoms with Crippen molar-refractivity contribution in [2.24, 2.45) is 0 Å². The maximum absolute atomic E-state index is 13.2. The van der Waals surface area contributed by atoms with E-state index in [1.807, 2.05) is 45.0 Å². The number of aryl methyl sites for hydroxylation is 2. The smallest absolute Gasteiger partial charge is 0.337 e. The van der Waals surface area contributed by atoms with Crippen molar-refractivity contribution in [3.63, 3.8) is 0 Å². The second-order valence-electron chi connectivity index (χ2n) is 8.08. The van der Waals surface area contributed by atoms with Gasteiger partial charge < -0.3 is 14.8 Å². The van der Waals surface area contributed by atoms with Crippen LogP contribution in [-0.2, 0) is 0 Å². The number of benzene rings is 2. The maximum Gasteiger partial charge on any atom is 0.337 e. The van der Waals surface area contributed by atoms with Crippen LogP contribution in [-0.4, -0.2) is 16.1 Å². The van der Waals surface area contributed by atoms with Crippen molar-refractivity contribution in [1.82, 2.24) is 4.98 Å². The summed E-state index contributed by atoms with van der Waals surface area (Å²) in [6.07, 6.45) is 3.33. The first-order chi connectivity index (χ1) is 15.3. The molecule has 0 saturated carbocycles. The molecule has 6 heteroatoms. The third-order valence-electron chi connectivity index (χ3n) is 5.56. The lowest BCUT2D eigenvalue weighted by Crippen LogP contribution is -2.14. The van der Waals surface area contributed by atoms with E-state index in [1.165, 1.54) is 0 Å². The highest BCUT2D eigenvalue weighted by Gasteiger charge is 2.20. The number of carboxylic acids is 1. The molecular weight excluding hydrogens is 404 g/mol. The van der Waals surface area contributed by atoms with E-state index < -0.39 is 5.97 Å². The minimum atomic E-state index is -1.00. The van der Waals surface area contributed by atoms with E-state index in [0.717, 1.165) is 22.3 Å². The molecule has 0 saturated heterocycles. The molecule has 2 N–H and O–H groups in total. The summed E-state index contributed by atoms with van der Waals surface area (Å²) in [5.41, 5.74) is 4.90. The van der Waals surface area contributed by atoms with Gasteiger partial charge in [0.15, 0.2) is 5.43 Å². The third-order valence-corrected chi connectivity index (χ3v) is 5.56. The van der Waals surface area contributed by atoms with E-state index in [4.69, 9.17) is 4.42 Å². The van der Waals surface area contributed by atoms with Crippen LogP contribution < -0.4 is 10.7 Å². The normalized spacial score (nSPS) is 12.0. The molecule has 0 aliphatic heterocycles. The Balaban J connectivity index is 1.88. The molecule has 2 aromatic carbocycles. The van der Waals surface area contributed by atoms with Gasteiger partial charge in [0.05, 0.1) is 17.0 Å². The van der Waals surface area contributed by atoms with Crippen molar-refractivity contribution in [3.05, 3.63) is 92.9 Å². The predicted octanol–water partition coefficient (Wildman–Crippen LogP) is 5.65. The van der Waals surface area contributed by atoms with Crippen LogP contribution in [0.2, 0.25) is 0 Å². The highest BCUT2D eigenvalue weighted by molar-refractivity contribution is 5.94. The second-order valence-corrected chi connectivity index (χ2v) is 8.08. The van der Waals surface area contributed by atoms with Gasteiger partial charge in [0.25, 0.3) is 0 Å². The van der Waals surface area contributed by atoms with E-state index in [1.54, 1.807) is 37.5 Å². The van der Waals surface area contributed by atoms with Gasteiger partial charge in [-0.05, 0) is 63.6 Å². The van der Waals surface area contributed by atoms with Crippen LogP contribution in [0.15, 0.2) is 64.1 Å². The molecule has 0 fully saturated rings. The monoisotopic (exact) mass is 428 g/mol. The second kappa shape index (κ2) is 8.30. The first kappa shape index (κ1) is 21.3. The summed E-state index contributed by atoms with van der Waals surface area (Å²) in [4.78, 5) is 29.1. The zero-order chi connectivity index (χ0) is 23.0. The van der Waals surface area contributed by atoms with Crippen LogP contribution in [0, 0.1) is 20.8 Å². The number of aromatic carboxylic acids is 1. The Hall–Kier alpha value is -3.93. The van der Waals surface area contributed by atoms with Crippen LogP contribution in [0.3, 0.4) is 0 Å². The summed E-state index contributed by atoms with van der Waals surface area (Å²) < 4.78 is 6.30. The summed E-state index contributed by atoms with van der Waals surface area (Å²) in [5, 5.41) is 13.4. The number of fused-ring (bicyclic) bond motifs is 1. The summed E-state index contributed by atoms with van der Waals surface area (Å²) in [6.45, 7) is 7.45. The Morgan fingerprint density at radius 1 is 1.09 bits per heavy atom. The van der Waals surface area contributed by atoms with E-state index in [-0.39, 0.29) is 17.0 Å². The van der Waals surface area contributed by atoms with Crippen LogP contribution in [0.25, 0.3) is 22.3 Å². The number of nitrogens with one attached hydrogen (secondary N) is 1. The van der Waals surface area contributed by atoms with Gasteiger partial charge in [-0.3, -0.25) is 9.78 Å². The summed E-state index contributed by atoms with van der Waals surface area (Å²) >= 11 is 0. The van der Waals surface area contributed by atoms with Crippen molar-refractivity contribution in [3.8, 4) is 11.3 Å². The molecule has 2 aromatic heterocycles. The Bertz CT molecular complexity index is 1390. The summed E-state index contributed by atoms with van der Waals surface area (Å²) in [7, 11) is 0. The van der Waals surface area contributed by atoms with Crippen LogP contribution in [0.1, 0.15) is 45.6 Å². The van der Waals surface area contributed by atoms with Gasteiger partial charge >= 0.3 is 5.97 Å². The molecular formula is C26H24N2O4. The summed E-state index contributed by atoms with van der Waals surface area (Å²) in [6, 6.07) is 12.4. The fourth-order valence-corrected chi connectivity index (χ4v) is 3.93. The maximum atomic E-state index is 13.2. The minimum absolute atomic E-state index is 0.0937. The fourth-order valence-electron chi connectivity index (χ4n) is 3.93. The topological polar surface area (TPSA) is 92.4 Å². The first-order valence-corrected chi connectivity index (χ1v) is 10.3. The standard InChI is InChI=1S/C26H24N2O4/c1-14-7-8-22(20(10-14)26(30)31)28-17(4)19-11-15(2)12-21-23(29)16(3)24(32-25(19)21)18-6-5-9-27-13-18/h5-13,17,28H,1-4H3,(H,30,31). The molecule has 0 aliphatic carbocycles. The predicted molar refractivity (Wildman–Crippen MR) is 125 cm³/mol. The van der Waals surface area contributed by atoms with Crippen molar-refractivity contribution in [2.75, 3.05) is 5.32 Å². The Kier molecular flexibility index (Phi) is 5.53. The number of carbonyl (C=O) groups is 1. The van der Waals surface area contributed by atoms with E-state index >= 15 is 0 Å². The molecule has 0 radical (unpaired) electrons. The minimum Gasteiger partial charge on any atom is -0.478 e. The van der Waals surface area contributed by atoms with Gasteiger partial charge in [-0.1, -0.05) is 17.7 Å². The molecule has 32 heavy (non-hydrogen) atoms. The zero-order valence-corrected chi connectivity index (χ0v) is 18.4. The first-order valence-electron chi connectivity index (χ1n) is 10.3. The van der Waals surface area contributed by atoms with Crippen molar-refractivity contribution < 1.29 is 14.3 Å². The quantitative estimate of drug-likeness (QED) is 0.427. The van der Waals surface area contributed by atoms with Crippen LogP contribution in [0.5, 0.6) is 0 Å². The highest BCUT2D eigenvalue weighted by Crippen LogP contribution is 2.32. The Labute approximate surface area is 185 Å². The number of carboxylic acid groups (broad SMARTS) is 1. The average Bonchev–Trinajstić information content (AvgIpc) is 2.77. The number of hydrogen-bond donors (Lipinski definition) is 2. The SMILES string of the molecule is Cc1ccc(NC(C)c2cc(C)cc3c(=O)c(C)c(-c4cccnc4)oc23)c(C(=O)O)c1. The lowest BCUT2D eigenvalue weighted by Gasteiger charge is -2.20. The van der Waals surface area contributed by atoms with Gasteiger partial charge in [0.2, 0.25) is 0 Å². The Morgan fingerprint density at radius 3 is 2.56 bits per heavy atom. The molecule has 4 aromatic rings. The lowest BCUT2D eigenvalue weighted by molar-refractivity contribution is 0.0697. The van der Waals surface area contributed by atoms with E-state index in [9.17, 15) is 14.7 Å². The van der Waals surface area contributed by atoms with Gasteiger partial charge in [0.1, 0.15) is 11.3 Å². The molecule has 6 nitrogen and oxygen atoms in total. The number of nitrogens with zero attached hydrogens (tertiary/aromatic N) is 1. The number of aromatic nitrogens is 1. The molecule has 2 heterocycles. The molecule has 0 bridgehead atoms. The van der Waals surface area contributed by atoms with E-state index in [0.29, 0.717) is 28.0 Å². The van der Waals surface area contributed by atoms with Crippen LogP contribution >= 0.6 is 0 Å².